The van der Waals surface area contributed by atoms with E-state index in [1.165, 1.54) is 27.8 Å². The molecule has 0 bridgehead atoms. The summed E-state index contributed by atoms with van der Waals surface area (Å²) in [4.78, 5) is 10.1. The number of hydrogen-bond acceptors (Lipinski definition) is 3. The van der Waals surface area contributed by atoms with E-state index < -0.39 is 5.41 Å². The number of hydrogen-bond donors (Lipinski definition) is 0. The second-order valence-electron chi connectivity index (χ2n) is 15.3. The molecule has 9 rings (SSSR count). The van der Waals surface area contributed by atoms with Crippen LogP contribution < -0.4 is 0 Å². The van der Waals surface area contributed by atoms with Crippen molar-refractivity contribution < 1.29 is 21.1 Å². The average Bonchev–Trinajstić information content (AvgIpc) is 3.76. The molecule has 5 nitrogen and oxygen atoms in total. The summed E-state index contributed by atoms with van der Waals surface area (Å²) in [5.74, 6) is 0. The van der Waals surface area contributed by atoms with E-state index in [0.29, 0.717) is 0 Å². The maximum Gasteiger partial charge on any atom is 2.00 e. The Balaban J connectivity index is 0.00000413. The van der Waals surface area contributed by atoms with Gasteiger partial charge in [-0.2, -0.15) is 29.4 Å². The van der Waals surface area contributed by atoms with Gasteiger partial charge in [-0.05, 0) is 84.1 Å². The van der Waals surface area contributed by atoms with Gasteiger partial charge in [0.1, 0.15) is 0 Å². The summed E-state index contributed by atoms with van der Waals surface area (Å²) >= 11 is 0. The Labute approximate surface area is 332 Å². The molecular weight excluding hydrogens is 842 g/mol. The van der Waals surface area contributed by atoms with E-state index in [1.807, 2.05) is 10.9 Å². The minimum atomic E-state index is -0.756. The molecule has 0 fully saturated rings. The first-order valence-electron chi connectivity index (χ1n) is 18.3. The molecule has 54 heavy (non-hydrogen) atoms. The largest absolute Gasteiger partial charge is 2.00 e. The minimum absolute atomic E-state index is 0. The van der Waals surface area contributed by atoms with Crippen molar-refractivity contribution in [1.29, 1.82) is 0 Å². The summed E-state index contributed by atoms with van der Waals surface area (Å²) in [6, 6.07) is 49.1. The van der Waals surface area contributed by atoms with Crippen molar-refractivity contribution in [2.45, 2.75) is 59.3 Å². The SMILES string of the molecule is Cc1nn(-c2[c-]c(C3(c4[c-]c(-c5cc(C(C)(C)C)ccn5)n5c(C)c(C)nc5c4)c4ccccc4-c4ccccc43)ccc2)c(C)c1-c1ccccc1.[Pt+2]. The van der Waals surface area contributed by atoms with Crippen molar-refractivity contribution >= 4 is 5.65 Å². The van der Waals surface area contributed by atoms with Crippen LogP contribution in [-0.2, 0) is 31.9 Å². The smallest absolute Gasteiger partial charge is 0.330 e. The third-order valence-corrected chi connectivity index (χ3v) is 11.1. The predicted molar refractivity (Wildman–Crippen MR) is 214 cm³/mol. The van der Waals surface area contributed by atoms with Gasteiger partial charge in [0.05, 0.1) is 17.0 Å². The summed E-state index contributed by atoms with van der Waals surface area (Å²) in [6.45, 7) is 15.2. The van der Waals surface area contributed by atoms with Crippen molar-refractivity contribution in [2.24, 2.45) is 0 Å². The second-order valence-corrected chi connectivity index (χ2v) is 15.3. The first-order valence-corrected chi connectivity index (χ1v) is 18.3. The van der Waals surface area contributed by atoms with Gasteiger partial charge in [-0.3, -0.25) is 4.68 Å². The molecule has 4 aromatic heterocycles. The first kappa shape index (κ1) is 35.6. The van der Waals surface area contributed by atoms with Crippen molar-refractivity contribution in [3.63, 3.8) is 0 Å². The topological polar surface area (TPSA) is 48.0 Å². The van der Waals surface area contributed by atoms with Crippen LogP contribution in [0.15, 0.2) is 121 Å². The van der Waals surface area contributed by atoms with E-state index in [-0.39, 0.29) is 26.5 Å². The number of aromatic nitrogens is 5. The molecule has 1 aliphatic rings. The normalized spacial score (nSPS) is 13.1. The van der Waals surface area contributed by atoms with Gasteiger partial charge in [0, 0.05) is 28.6 Å². The zero-order valence-electron chi connectivity index (χ0n) is 31.6. The monoisotopic (exact) mass is 882 g/mol. The molecule has 0 atom stereocenters. The van der Waals surface area contributed by atoms with Gasteiger partial charge >= 0.3 is 21.1 Å². The Morgan fingerprint density at radius 3 is 2.00 bits per heavy atom. The molecule has 4 heterocycles. The Morgan fingerprint density at radius 1 is 0.648 bits per heavy atom. The molecule has 8 aromatic rings. The van der Waals surface area contributed by atoms with E-state index in [4.69, 9.17) is 15.1 Å². The summed E-state index contributed by atoms with van der Waals surface area (Å²) in [6.07, 6.45) is 1.92. The van der Waals surface area contributed by atoms with E-state index >= 15 is 0 Å². The van der Waals surface area contributed by atoms with Gasteiger partial charge in [-0.15, -0.1) is 23.3 Å². The zero-order chi connectivity index (χ0) is 36.6. The minimum Gasteiger partial charge on any atom is -0.330 e. The van der Waals surface area contributed by atoms with Gasteiger partial charge in [0.25, 0.3) is 0 Å². The van der Waals surface area contributed by atoms with Crippen LogP contribution in [0.25, 0.3) is 45.0 Å². The maximum absolute atomic E-state index is 5.15. The Kier molecular flexibility index (Phi) is 8.70. The standard InChI is InChI=1S/C48H41N5.Pt/c1-30-32(3)52-44(43-27-35(24-25-49-43)47(5,6)7)28-37(29-45(52)50-30)48(41-22-13-11-20-39(41)40-21-12-14-23-42(40)48)36-18-15-19-38(26-36)53-33(4)46(31(2)51-53)34-16-9-8-10-17-34;/h8-25,27,29H,1-7H3;/q-2;+2. The van der Waals surface area contributed by atoms with Crippen LogP contribution in [0, 0.1) is 39.8 Å². The number of imidazole rings is 1. The maximum atomic E-state index is 5.15. The summed E-state index contributed by atoms with van der Waals surface area (Å²) in [5, 5.41) is 5.10. The summed E-state index contributed by atoms with van der Waals surface area (Å²) in [7, 11) is 0. The molecule has 0 radical (unpaired) electrons. The second kappa shape index (κ2) is 13.2. The van der Waals surface area contributed by atoms with Crippen molar-refractivity contribution in [1.82, 2.24) is 24.1 Å². The molecule has 268 valence electrons. The van der Waals surface area contributed by atoms with Crippen molar-refractivity contribution in [3.8, 4) is 39.3 Å². The summed E-state index contributed by atoms with van der Waals surface area (Å²) < 4.78 is 4.26. The van der Waals surface area contributed by atoms with Gasteiger partial charge < -0.3 is 9.38 Å². The van der Waals surface area contributed by atoms with E-state index in [2.05, 4.69) is 180 Å². The number of nitrogens with zero attached hydrogens (tertiary/aromatic N) is 5. The number of benzene rings is 4. The van der Waals surface area contributed by atoms with E-state index in [0.717, 1.165) is 67.8 Å². The Hall–Kier alpha value is -5.38. The zero-order valence-corrected chi connectivity index (χ0v) is 33.9. The van der Waals surface area contributed by atoms with Gasteiger partial charge in [-0.1, -0.05) is 111 Å². The average molecular weight is 883 g/mol. The molecular formula is C48H41N5Pt. The Morgan fingerprint density at radius 2 is 1.31 bits per heavy atom. The molecule has 0 N–H and O–H groups in total. The number of pyridine rings is 2. The van der Waals surface area contributed by atoms with Crippen LogP contribution in [0.5, 0.6) is 0 Å². The first-order chi connectivity index (χ1) is 25.6. The predicted octanol–water partition coefficient (Wildman–Crippen LogP) is 10.7. The van der Waals surface area contributed by atoms with Crippen molar-refractivity contribution in [3.05, 3.63) is 184 Å². The van der Waals surface area contributed by atoms with E-state index in [9.17, 15) is 0 Å². The fraction of sp³-hybridized carbons (Fsp3) is 0.188. The van der Waals surface area contributed by atoms with Crippen LogP contribution in [0.4, 0.5) is 0 Å². The third kappa shape index (κ3) is 5.35. The molecule has 0 saturated carbocycles. The number of fused-ring (bicyclic) bond motifs is 4. The Bertz CT molecular complexity index is 2670. The van der Waals surface area contributed by atoms with Crippen LogP contribution in [0.3, 0.4) is 0 Å². The fourth-order valence-electron chi connectivity index (χ4n) is 8.43. The molecule has 0 spiro atoms. The van der Waals surface area contributed by atoms with Crippen LogP contribution >= 0.6 is 0 Å². The molecule has 0 saturated heterocycles. The van der Waals surface area contributed by atoms with Gasteiger partial charge in [-0.25, -0.2) is 4.98 Å². The third-order valence-electron chi connectivity index (χ3n) is 11.1. The quantitative estimate of drug-likeness (QED) is 0.162. The molecule has 0 amide bonds. The van der Waals surface area contributed by atoms with Crippen LogP contribution in [0.2, 0.25) is 0 Å². The fourth-order valence-corrected chi connectivity index (χ4v) is 8.43. The van der Waals surface area contributed by atoms with E-state index in [1.54, 1.807) is 0 Å². The van der Waals surface area contributed by atoms with Gasteiger partial charge in [0.15, 0.2) is 0 Å². The number of aryl methyl sites for hydroxylation is 3. The summed E-state index contributed by atoms with van der Waals surface area (Å²) in [5.41, 5.74) is 17.2. The molecule has 0 unspecified atom stereocenters. The molecule has 6 heteroatoms. The number of rotatable bonds is 5. The molecule has 4 aromatic carbocycles. The molecule has 1 aliphatic carbocycles. The van der Waals surface area contributed by atoms with Crippen LogP contribution in [0.1, 0.15) is 71.4 Å². The van der Waals surface area contributed by atoms with Crippen LogP contribution in [-0.4, -0.2) is 24.1 Å². The molecule has 0 aliphatic heterocycles. The van der Waals surface area contributed by atoms with Crippen molar-refractivity contribution in [2.75, 3.05) is 0 Å². The van der Waals surface area contributed by atoms with Gasteiger partial charge in [0.2, 0.25) is 0 Å².